The van der Waals surface area contributed by atoms with E-state index in [0.717, 1.165) is 13.0 Å². The molecular formula is C12H21N3. The fourth-order valence-corrected chi connectivity index (χ4v) is 2.55. The van der Waals surface area contributed by atoms with Gasteiger partial charge in [0.05, 0.1) is 5.69 Å². The Balaban J connectivity index is 2.54. The molecule has 0 radical (unpaired) electrons. The van der Waals surface area contributed by atoms with Crippen molar-refractivity contribution in [1.82, 2.24) is 9.78 Å². The summed E-state index contributed by atoms with van der Waals surface area (Å²) in [6.45, 7) is 7.42. The SMILES string of the molecule is Cn1nc(C(C)(C)C)c2c1CCC2CN. The van der Waals surface area contributed by atoms with Gasteiger partial charge in [-0.15, -0.1) is 0 Å². The third-order valence-electron chi connectivity index (χ3n) is 3.34. The van der Waals surface area contributed by atoms with Crippen LogP contribution in [0.2, 0.25) is 0 Å². The molecule has 0 aliphatic heterocycles. The molecule has 3 heteroatoms. The summed E-state index contributed by atoms with van der Waals surface area (Å²) in [4.78, 5) is 0. The van der Waals surface area contributed by atoms with E-state index in [9.17, 15) is 0 Å². The standard InChI is InChI=1S/C12H21N3/c1-12(2,3)11-10-8(7-13)5-6-9(10)15(4)14-11/h8H,5-7,13H2,1-4H3. The molecule has 1 heterocycles. The van der Waals surface area contributed by atoms with Crippen molar-refractivity contribution in [1.29, 1.82) is 0 Å². The smallest absolute Gasteiger partial charge is 0.0716 e. The highest BCUT2D eigenvalue weighted by Gasteiger charge is 2.33. The third-order valence-corrected chi connectivity index (χ3v) is 3.34. The van der Waals surface area contributed by atoms with Crippen LogP contribution in [0.1, 0.15) is 50.1 Å². The van der Waals surface area contributed by atoms with Crippen molar-refractivity contribution in [3.63, 3.8) is 0 Å². The maximum absolute atomic E-state index is 5.83. The molecule has 15 heavy (non-hydrogen) atoms. The average Bonchev–Trinajstić information content (AvgIpc) is 2.65. The molecular weight excluding hydrogens is 186 g/mol. The van der Waals surface area contributed by atoms with Gasteiger partial charge in [0.1, 0.15) is 0 Å². The van der Waals surface area contributed by atoms with Gasteiger partial charge >= 0.3 is 0 Å². The minimum Gasteiger partial charge on any atom is -0.330 e. The fourth-order valence-electron chi connectivity index (χ4n) is 2.55. The first-order valence-corrected chi connectivity index (χ1v) is 5.71. The summed E-state index contributed by atoms with van der Waals surface area (Å²) in [5.41, 5.74) is 10.0. The molecule has 0 saturated carbocycles. The van der Waals surface area contributed by atoms with Gasteiger partial charge in [-0.1, -0.05) is 20.8 Å². The Morgan fingerprint density at radius 2 is 2.13 bits per heavy atom. The Morgan fingerprint density at radius 1 is 1.47 bits per heavy atom. The summed E-state index contributed by atoms with van der Waals surface area (Å²) < 4.78 is 2.05. The van der Waals surface area contributed by atoms with Gasteiger partial charge in [0.25, 0.3) is 0 Å². The molecule has 0 saturated heterocycles. The summed E-state index contributed by atoms with van der Waals surface area (Å²) in [6.07, 6.45) is 2.33. The lowest BCUT2D eigenvalue weighted by Gasteiger charge is -2.19. The summed E-state index contributed by atoms with van der Waals surface area (Å²) in [5, 5.41) is 4.66. The zero-order valence-electron chi connectivity index (χ0n) is 10.2. The van der Waals surface area contributed by atoms with Crippen LogP contribution in [-0.4, -0.2) is 16.3 Å². The van der Waals surface area contributed by atoms with Crippen LogP contribution in [0.4, 0.5) is 0 Å². The molecule has 0 spiro atoms. The third kappa shape index (κ3) is 1.59. The highest BCUT2D eigenvalue weighted by Crippen LogP contribution is 2.39. The molecule has 1 aliphatic rings. The molecule has 2 rings (SSSR count). The highest BCUT2D eigenvalue weighted by atomic mass is 15.3. The summed E-state index contributed by atoms with van der Waals surface area (Å²) in [5.74, 6) is 0.530. The average molecular weight is 207 g/mol. The Bertz CT molecular complexity index is 371. The lowest BCUT2D eigenvalue weighted by atomic mass is 9.86. The quantitative estimate of drug-likeness (QED) is 0.762. The van der Waals surface area contributed by atoms with E-state index in [0.29, 0.717) is 5.92 Å². The largest absolute Gasteiger partial charge is 0.330 e. The maximum Gasteiger partial charge on any atom is 0.0716 e. The number of nitrogens with zero attached hydrogens (tertiary/aromatic N) is 2. The van der Waals surface area contributed by atoms with E-state index in [1.807, 2.05) is 11.7 Å². The second kappa shape index (κ2) is 3.34. The van der Waals surface area contributed by atoms with E-state index < -0.39 is 0 Å². The van der Waals surface area contributed by atoms with Crippen LogP contribution in [-0.2, 0) is 18.9 Å². The molecule has 1 atom stereocenters. The van der Waals surface area contributed by atoms with Crippen molar-refractivity contribution in [2.45, 2.75) is 44.9 Å². The Labute approximate surface area is 91.7 Å². The maximum atomic E-state index is 5.83. The monoisotopic (exact) mass is 207 g/mol. The Morgan fingerprint density at radius 3 is 2.67 bits per heavy atom. The van der Waals surface area contributed by atoms with Crippen molar-refractivity contribution >= 4 is 0 Å². The molecule has 1 unspecified atom stereocenters. The molecule has 0 fully saturated rings. The zero-order valence-corrected chi connectivity index (χ0v) is 10.2. The van der Waals surface area contributed by atoms with Gasteiger partial charge in [-0.2, -0.15) is 5.10 Å². The molecule has 84 valence electrons. The van der Waals surface area contributed by atoms with Crippen LogP contribution in [0, 0.1) is 0 Å². The number of fused-ring (bicyclic) bond motifs is 1. The van der Waals surface area contributed by atoms with E-state index in [2.05, 4.69) is 25.9 Å². The van der Waals surface area contributed by atoms with Crippen LogP contribution in [0.15, 0.2) is 0 Å². The van der Waals surface area contributed by atoms with Gasteiger partial charge < -0.3 is 5.73 Å². The summed E-state index contributed by atoms with van der Waals surface area (Å²) in [6, 6.07) is 0. The number of hydrogen-bond acceptors (Lipinski definition) is 2. The van der Waals surface area contributed by atoms with Gasteiger partial charge in [-0.05, 0) is 19.4 Å². The molecule has 2 N–H and O–H groups in total. The molecule has 1 aliphatic carbocycles. The van der Waals surface area contributed by atoms with Gasteiger partial charge in [0, 0.05) is 29.6 Å². The van der Waals surface area contributed by atoms with E-state index in [4.69, 9.17) is 5.73 Å². The molecule has 0 aromatic carbocycles. The Kier molecular flexibility index (Phi) is 2.38. The molecule has 1 aromatic heterocycles. The van der Waals surface area contributed by atoms with E-state index in [-0.39, 0.29) is 5.41 Å². The molecule has 3 nitrogen and oxygen atoms in total. The first-order chi connectivity index (χ1) is 6.95. The van der Waals surface area contributed by atoms with Gasteiger partial charge in [-0.25, -0.2) is 0 Å². The first kappa shape index (κ1) is 10.7. The minimum atomic E-state index is 0.128. The summed E-state index contributed by atoms with van der Waals surface area (Å²) in [7, 11) is 2.05. The summed E-state index contributed by atoms with van der Waals surface area (Å²) >= 11 is 0. The first-order valence-electron chi connectivity index (χ1n) is 5.71. The van der Waals surface area contributed by atoms with E-state index in [1.165, 1.54) is 23.4 Å². The lowest BCUT2D eigenvalue weighted by molar-refractivity contribution is 0.531. The lowest BCUT2D eigenvalue weighted by Crippen LogP contribution is -2.18. The number of nitrogens with two attached hydrogens (primary N) is 1. The Hall–Kier alpha value is -0.830. The van der Waals surface area contributed by atoms with Crippen LogP contribution in [0.5, 0.6) is 0 Å². The zero-order chi connectivity index (χ0) is 11.2. The van der Waals surface area contributed by atoms with Crippen LogP contribution < -0.4 is 5.73 Å². The van der Waals surface area contributed by atoms with Gasteiger partial charge in [-0.3, -0.25) is 4.68 Å². The van der Waals surface area contributed by atoms with Crippen LogP contribution in [0.3, 0.4) is 0 Å². The minimum absolute atomic E-state index is 0.128. The highest BCUT2D eigenvalue weighted by molar-refractivity contribution is 5.38. The van der Waals surface area contributed by atoms with Crippen molar-refractivity contribution in [3.8, 4) is 0 Å². The number of hydrogen-bond donors (Lipinski definition) is 1. The number of rotatable bonds is 1. The topological polar surface area (TPSA) is 43.8 Å². The normalized spacial score (nSPS) is 20.7. The van der Waals surface area contributed by atoms with E-state index >= 15 is 0 Å². The van der Waals surface area contributed by atoms with Crippen molar-refractivity contribution in [2.24, 2.45) is 12.8 Å². The number of aryl methyl sites for hydroxylation is 1. The predicted molar refractivity (Wildman–Crippen MR) is 62.0 cm³/mol. The molecule has 0 bridgehead atoms. The second-order valence-electron chi connectivity index (χ2n) is 5.55. The number of aromatic nitrogens is 2. The van der Waals surface area contributed by atoms with Gasteiger partial charge in [0.2, 0.25) is 0 Å². The second-order valence-corrected chi connectivity index (χ2v) is 5.55. The molecule has 1 aromatic rings. The predicted octanol–water partition coefficient (Wildman–Crippen LogP) is 1.71. The van der Waals surface area contributed by atoms with Crippen LogP contribution in [0.25, 0.3) is 0 Å². The van der Waals surface area contributed by atoms with Crippen molar-refractivity contribution < 1.29 is 0 Å². The van der Waals surface area contributed by atoms with Gasteiger partial charge in [0.15, 0.2) is 0 Å². The van der Waals surface area contributed by atoms with Crippen molar-refractivity contribution in [2.75, 3.05) is 6.54 Å². The fraction of sp³-hybridized carbons (Fsp3) is 0.750. The van der Waals surface area contributed by atoms with Crippen molar-refractivity contribution in [3.05, 3.63) is 17.0 Å². The van der Waals surface area contributed by atoms with Crippen LogP contribution >= 0.6 is 0 Å². The van der Waals surface area contributed by atoms with E-state index in [1.54, 1.807) is 0 Å². The molecule has 0 amide bonds.